The number of nitrogens with zero attached hydrogens (tertiary/aromatic N) is 5. The van der Waals surface area contributed by atoms with Crippen LogP contribution in [0.5, 0.6) is 0 Å². The molecule has 0 spiro atoms. The lowest BCUT2D eigenvalue weighted by Crippen LogP contribution is -2.49. The summed E-state index contributed by atoms with van der Waals surface area (Å²) in [5, 5.41) is 5.19. The topological polar surface area (TPSA) is 74.2 Å². The van der Waals surface area contributed by atoms with Crippen LogP contribution in [0.25, 0.3) is 0 Å². The third-order valence-corrected chi connectivity index (χ3v) is 5.48. The van der Waals surface area contributed by atoms with Crippen LogP contribution in [0.3, 0.4) is 0 Å². The number of carbonyl (C=O) groups is 1. The number of piperazine rings is 1. The van der Waals surface area contributed by atoms with Gasteiger partial charge in [0, 0.05) is 38.4 Å². The van der Waals surface area contributed by atoms with Crippen molar-refractivity contribution >= 4 is 34.7 Å². The number of hydrogen-bond donors (Lipinski definition) is 1. The number of rotatable bonds is 4. The Labute approximate surface area is 168 Å². The SMILES string of the molecule is Cc1ccnc(Nc2cc(N3CCN(C(=O)c4cccs4)CC3)nc(C)n2)c1. The fourth-order valence-electron chi connectivity index (χ4n) is 3.21. The van der Waals surface area contributed by atoms with Crippen molar-refractivity contribution in [1.82, 2.24) is 19.9 Å². The lowest BCUT2D eigenvalue weighted by molar-refractivity contribution is 0.0751. The second kappa shape index (κ2) is 7.93. The van der Waals surface area contributed by atoms with Gasteiger partial charge >= 0.3 is 0 Å². The van der Waals surface area contributed by atoms with Crippen LogP contribution in [-0.2, 0) is 0 Å². The van der Waals surface area contributed by atoms with Crippen molar-refractivity contribution in [3.05, 3.63) is 58.2 Å². The number of aryl methyl sites for hydroxylation is 2. The molecule has 0 saturated carbocycles. The molecule has 1 N–H and O–H groups in total. The van der Waals surface area contributed by atoms with Gasteiger partial charge in [-0.3, -0.25) is 4.79 Å². The van der Waals surface area contributed by atoms with E-state index in [2.05, 4.69) is 25.2 Å². The summed E-state index contributed by atoms with van der Waals surface area (Å²) in [6.45, 7) is 6.77. The van der Waals surface area contributed by atoms with Gasteiger partial charge in [-0.2, -0.15) is 0 Å². The predicted molar refractivity (Wildman–Crippen MR) is 111 cm³/mol. The Morgan fingerprint density at radius 3 is 2.61 bits per heavy atom. The summed E-state index contributed by atoms with van der Waals surface area (Å²) in [4.78, 5) is 30.8. The molecule has 28 heavy (non-hydrogen) atoms. The summed E-state index contributed by atoms with van der Waals surface area (Å²) in [5.41, 5.74) is 1.13. The van der Waals surface area contributed by atoms with E-state index in [-0.39, 0.29) is 5.91 Å². The maximum absolute atomic E-state index is 12.5. The van der Waals surface area contributed by atoms with Crippen LogP contribution in [0.1, 0.15) is 21.1 Å². The number of pyridine rings is 1. The highest BCUT2D eigenvalue weighted by atomic mass is 32.1. The van der Waals surface area contributed by atoms with E-state index >= 15 is 0 Å². The normalized spacial score (nSPS) is 14.2. The molecule has 0 radical (unpaired) electrons. The molecular formula is C20H22N6OS. The molecule has 144 valence electrons. The molecule has 3 aromatic heterocycles. The van der Waals surface area contributed by atoms with Gasteiger partial charge in [-0.1, -0.05) is 6.07 Å². The zero-order valence-electron chi connectivity index (χ0n) is 15.9. The molecule has 3 aromatic rings. The highest BCUT2D eigenvalue weighted by Gasteiger charge is 2.23. The minimum atomic E-state index is 0.112. The molecule has 1 aliphatic rings. The number of amides is 1. The van der Waals surface area contributed by atoms with Crippen LogP contribution in [0.15, 0.2) is 41.9 Å². The standard InChI is InChI=1S/C20H22N6OS/c1-14-5-6-21-17(12-14)24-18-13-19(23-15(2)22-18)25-7-9-26(10-8-25)20(27)16-4-3-11-28-16/h3-6,11-13H,7-10H2,1-2H3,(H,21,22,23,24). The van der Waals surface area contributed by atoms with Crippen LogP contribution >= 0.6 is 11.3 Å². The van der Waals surface area contributed by atoms with Crippen molar-refractivity contribution in [3.63, 3.8) is 0 Å². The number of aromatic nitrogens is 3. The summed E-state index contributed by atoms with van der Waals surface area (Å²) < 4.78 is 0. The van der Waals surface area contributed by atoms with Crippen molar-refractivity contribution in [2.24, 2.45) is 0 Å². The van der Waals surface area contributed by atoms with Gasteiger partial charge in [0.15, 0.2) is 0 Å². The molecule has 0 atom stereocenters. The van der Waals surface area contributed by atoms with Crippen LogP contribution in [0, 0.1) is 13.8 Å². The van der Waals surface area contributed by atoms with Gasteiger partial charge in [-0.05, 0) is 43.0 Å². The first-order chi connectivity index (χ1) is 13.6. The van der Waals surface area contributed by atoms with E-state index < -0.39 is 0 Å². The highest BCUT2D eigenvalue weighted by Crippen LogP contribution is 2.21. The van der Waals surface area contributed by atoms with E-state index in [1.54, 1.807) is 6.20 Å². The second-order valence-corrected chi connectivity index (χ2v) is 7.71. The van der Waals surface area contributed by atoms with Gasteiger partial charge in [0.2, 0.25) is 0 Å². The maximum atomic E-state index is 12.5. The van der Waals surface area contributed by atoms with E-state index in [9.17, 15) is 4.79 Å². The largest absolute Gasteiger partial charge is 0.353 e. The summed E-state index contributed by atoms with van der Waals surface area (Å²) in [6, 6.07) is 9.67. The van der Waals surface area contributed by atoms with Crippen LogP contribution in [0.2, 0.25) is 0 Å². The van der Waals surface area contributed by atoms with Crippen molar-refractivity contribution in [3.8, 4) is 0 Å². The van der Waals surface area contributed by atoms with Gasteiger partial charge < -0.3 is 15.1 Å². The molecule has 1 fully saturated rings. The third kappa shape index (κ3) is 4.12. The van der Waals surface area contributed by atoms with Crippen molar-refractivity contribution in [2.75, 3.05) is 36.4 Å². The van der Waals surface area contributed by atoms with Crippen LogP contribution in [0.4, 0.5) is 17.5 Å². The molecular weight excluding hydrogens is 372 g/mol. The lowest BCUT2D eigenvalue weighted by Gasteiger charge is -2.35. The highest BCUT2D eigenvalue weighted by molar-refractivity contribution is 7.12. The van der Waals surface area contributed by atoms with Gasteiger partial charge in [0.05, 0.1) is 4.88 Å². The Kier molecular flexibility index (Phi) is 5.21. The van der Waals surface area contributed by atoms with Crippen molar-refractivity contribution < 1.29 is 4.79 Å². The average Bonchev–Trinajstić information content (AvgIpc) is 3.22. The molecule has 4 rings (SSSR count). The first-order valence-corrected chi connectivity index (χ1v) is 10.1. The lowest BCUT2D eigenvalue weighted by atomic mass is 10.3. The molecule has 4 heterocycles. The van der Waals surface area contributed by atoms with E-state index in [0.29, 0.717) is 18.9 Å². The monoisotopic (exact) mass is 394 g/mol. The van der Waals surface area contributed by atoms with Gasteiger partial charge in [-0.25, -0.2) is 15.0 Å². The minimum Gasteiger partial charge on any atom is -0.353 e. The molecule has 1 aliphatic heterocycles. The summed E-state index contributed by atoms with van der Waals surface area (Å²) in [6.07, 6.45) is 1.77. The van der Waals surface area contributed by atoms with Crippen LogP contribution < -0.4 is 10.2 Å². The Bertz CT molecular complexity index is 967. The summed E-state index contributed by atoms with van der Waals surface area (Å²) in [5.74, 6) is 3.16. The molecule has 0 unspecified atom stereocenters. The first-order valence-electron chi connectivity index (χ1n) is 9.21. The summed E-state index contributed by atoms with van der Waals surface area (Å²) in [7, 11) is 0. The fourth-order valence-corrected chi connectivity index (χ4v) is 3.90. The smallest absolute Gasteiger partial charge is 0.264 e. The first kappa shape index (κ1) is 18.4. The molecule has 1 amide bonds. The van der Waals surface area contributed by atoms with Crippen molar-refractivity contribution in [2.45, 2.75) is 13.8 Å². The number of thiophene rings is 1. The Hall–Kier alpha value is -3.00. The van der Waals surface area contributed by atoms with Crippen molar-refractivity contribution in [1.29, 1.82) is 0 Å². The molecule has 0 aliphatic carbocycles. The van der Waals surface area contributed by atoms with E-state index in [1.165, 1.54) is 11.3 Å². The summed E-state index contributed by atoms with van der Waals surface area (Å²) >= 11 is 1.49. The molecule has 7 nitrogen and oxygen atoms in total. The zero-order chi connectivity index (χ0) is 19.5. The number of carbonyl (C=O) groups excluding carboxylic acids is 1. The zero-order valence-corrected chi connectivity index (χ0v) is 16.7. The van der Waals surface area contributed by atoms with E-state index in [0.717, 1.165) is 41.0 Å². The molecule has 0 aromatic carbocycles. The fraction of sp³-hybridized carbons (Fsp3) is 0.300. The van der Waals surface area contributed by atoms with Gasteiger partial charge in [-0.15, -0.1) is 11.3 Å². The number of nitrogens with one attached hydrogen (secondary N) is 1. The molecule has 1 saturated heterocycles. The minimum absolute atomic E-state index is 0.112. The second-order valence-electron chi connectivity index (χ2n) is 6.76. The van der Waals surface area contributed by atoms with Crippen LogP contribution in [-0.4, -0.2) is 51.9 Å². The predicted octanol–water partition coefficient (Wildman–Crippen LogP) is 3.26. The maximum Gasteiger partial charge on any atom is 0.264 e. The van der Waals surface area contributed by atoms with Gasteiger partial charge in [0.1, 0.15) is 23.3 Å². The molecule has 8 heteroatoms. The Morgan fingerprint density at radius 2 is 1.89 bits per heavy atom. The van der Waals surface area contributed by atoms with E-state index in [1.807, 2.05) is 54.5 Å². The van der Waals surface area contributed by atoms with E-state index in [4.69, 9.17) is 0 Å². The third-order valence-electron chi connectivity index (χ3n) is 4.62. The number of hydrogen-bond acceptors (Lipinski definition) is 7. The molecule has 0 bridgehead atoms. The quantitative estimate of drug-likeness (QED) is 0.732. The Balaban J connectivity index is 1.45. The van der Waals surface area contributed by atoms with Gasteiger partial charge in [0.25, 0.3) is 5.91 Å². The number of anilines is 3. The Morgan fingerprint density at radius 1 is 1.07 bits per heavy atom. The average molecular weight is 395 g/mol.